The van der Waals surface area contributed by atoms with Gasteiger partial charge in [0.05, 0.1) is 17.1 Å². The summed E-state index contributed by atoms with van der Waals surface area (Å²) in [6.45, 7) is 8.60. The molecular weight excluding hydrogens is 583 g/mol. The SMILES string of the molecule is CCCN(Cc1ccc(-c2ccc3ncnc(Nc4ccc(OCc5cccc(F)c5)c(Cl)c4)c3c2)o1)C(=O)OC(C)(C)C. The summed E-state index contributed by atoms with van der Waals surface area (Å²) in [5.41, 5.74) is 2.41. The zero-order valence-electron chi connectivity index (χ0n) is 25.1. The first-order valence-electron chi connectivity index (χ1n) is 14.3. The first kappa shape index (κ1) is 30.8. The van der Waals surface area contributed by atoms with Gasteiger partial charge in [-0.2, -0.15) is 0 Å². The van der Waals surface area contributed by atoms with Gasteiger partial charge in [-0.25, -0.2) is 19.2 Å². The molecule has 0 saturated carbocycles. The maximum absolute atomic E-state index is 13.5. The summed E-state index contributed by atoms with van der Waals surface area (Å²) in [7, 11) is 0. The molecule has 3 aromatic carbocycles. The molecule has 44 heavy (non-hydrogen) atoms. The molecule has 2 heterocycles. The summed E-state index contributed by atoms with van der Waals surface area (Å²) in [5.74, 6) is 2.05. The molecule has 0 aliphatic heterocycles. The minimum Gasteiger partial charge on any atom is -0.487 e. The highest BCUT2D eigenvalue weighted by molar-refractivity contribution is 6.32. The number of nitrogens with one attached hydrogen (secondary N) is 1. The number of furan rings is 1. The zero-order valence-corrected chi connectivity index (χ0v) is 25.8. The van der Waals surface area contributed by atoms with Crippen LogP contribution >= 0.6 is 11.6 Å². The van der Waals surface area contributed by atoms with E-state index in [9.17, 15) is 9.18 Å². The number of anilines is 2. The fourth-order valence-corrected chi connectivity index (χ4v) is 4.80. The summed E-state index contributed by atoms with van der Waals surface area (Å²) in [6.07, 6.45) is 1.91. The zero-order chi connectivity index (χ0) is 31.3. The standard InChI is InChI=1S/C34H34ClFN4O4/c1-5-15-40(33(41)44-34(2,3)4)19-26-11-14-30(43-26)23-9-12-29-27(17-23)32(38-21-37-29)39-25-10-13-31(28(35)18-25)42-20-22-7-6-8-24(36)16-22/h6-14,16-18,21H,5,15,19-20H2,1-4H3,(H,37,38,39). The van der Waals surface area contributed by atoms with Crippen LogP contribution in [0.15, 0.2) is 83.5 Å². The number of fused-ring (bicyclic) bond motifs is 1. The Morgan fingerprint density at radius 1 is 1.05 bits per heavy atom. The molecule has 0 atom stereocenters. The van der Waals surface area contributed by atoms with Crippen LogP contribution < -0.4 is 10.1 Å². The van der Waals surface area contributed by atoms with Crippen molar-refractivity contribution in [3.8, 4) is 17.1 Å². The van der Waals surface area contributed by atoms with Crippen molar-refractivity contribution in [3.05, 3.63) is 101 Å². The highest BCUT2D eigenvalue weighted by atomic mass is 35.5. The number of hydrogen-bond acceptors (Lipinski definition) is 7. The molecule has 0 saturated heterocycles. The lowest BCUT2D eigenvalue weighted by molar-refractivity contribution is 0.0221. The summed E-state index contributed by atoms with van der Waals surface area (Å²) in [6, 6.07) is 21.1. The Morgan fingerprint density at radius 3 is 2.64 bits per heavy atom. The smallest absolute Gasteiger partial charge is 0.410 e. The summed E-state index contributed by atoms with van der Waals surface area (Å²) >= 11 is 6.51. The van der Waals surface area contributed by atoms with E-state index in [4.69, 9.17) is 25.5 Å². The van der Waals surface area contributed by atoms with Crippen LogP contribution in [0, 0.1) is 5.82 Å². The Kier molecular flexibility index (Phi) is 9.35. The maximum atomic E-state index is 13.5. The van der Waals surface area contributed by atoms with E-state index < -0.39 is 5.60 Å². The number of carbonyl (C=O) groups excluding carboxylic acids is 1. The van der Waals surface area contributed by atoms with Crippen LogP contribution in [0.5, 0.6) is 5.75 Å². The van der Waals surface area contributed by atoms with Gasteiger partial charge in [0.1, 0.15) is 47.4 Å². The summed E-state index contributed by atoms with van der Waals surface area (Å²) < 4.78 is 31.0. The Balaban J connectivity index is 1.32. The first-order chi connectivity index (χ1) is 21.1. The molecule has 8 nitrogen and oxygen atoms in total. The van der Waals surface area contributed by atoms with Gasteiger partial charge in [0, 0.05) is 23.2 Å². The van der Waals surface area contributed by atoms with Crippen molar-refractivity contribution in [1.82, 2.24) is 14.9 Å². The molecule has 0 fully saturated rings. The number of hydrogen-bond donors (Lipinski definition) is 1. The number of halogens is 2. The van der Waals surface area contributed by atoms with E-state index in [0.717, 1.165) is 22.9 Å². The van der Waals surface area contributed by atoms with E-state index in [1.54, 1.807) is 29.2 Å². The molecule has 5 rings (SSSR count). The molecule has 1 amide bonds. The highest BCUT2D eigenvalue weighted by Gasteiger charge is 2.23. The fourth-order valence-electron chi connectivity index (χ4n) is 4.57. The minimum atomic E-state index is -0.582. The Morgan fingerprint density at radius 2 is 1.89 bits per heavy atom. The molecule has 2 aromatic heterocycles. The number of ether oxygens (including phenoxy) is 2. The van der Waals surface area contributed by atoms with Gasteiger partial charge < -0.3 is 24.1 Å². The van der Waals surface area contributed by atoms with Crippen LogP contribution in [0.25, 0.3) is 22.2 Å². The number of nitrogens with zero attached hydrogens (tertiary/aromatic N) is 3. The topological polar surface area (TPSA) is 89.7 Å². The van der Waals surface area contributed by atoms with Gasteiger partial charge in [0.15, 0.2) is 0 Å². The lowest BCUT2D eigenvalue weighted by Gasteiger charge is -2.26. The van der Waals surface area contributed by atoms with Gasteiger partial charge in [0.25, 0.3) is 0 Å². The van der Waals surface area contributed by atoms with Crippen molar-refractivity contribution < 1.29 is 23.1 Å². The molecule has 0 spiro atoms. The number of rotatable bonds is 10. The maximum Gasteiger partial charge on any atom is 0.410 e. The van der Waals surface area contributed by atoms with Gasteiger partial charge in [-0.05, 0) is 93.4 Å². The van der Waals surface area contributed by atoms with Gasteiger partial charge in [-0.3, -0.25) is 0 Å². The van der Waals surface area contributed by atoms with E-state index in [-0.39, 0.29) is 18.5 Å². The molecule has 0 aliphatic rings. The van der Waals surface area contributed by atoms with Crippen LogP contribution in [-0.4, -0.2) is 33.1 Å². The van der Waals surface area contributed by atoms with Crippen molar-refractivity contribution in [2.45, 2.75) is 52.9 Å². The molecular formula is C34H34ClFN4O4. The van der Waals surface area contributed by atoms with Crippen LogP contribution in [0.3, 0.4) is 0 Å². The molecule has 5 aromatic rings. The number of benzene rings is 3. The van der Waals surface area contributed by atoms with Gasteiger partial charge >= 0.3 is 6.09 Å². The van der Waals surface area contributed by atoms with Crippen molar-refractivity contribution >= 4 is 40.1 Å². The van der Waals surface area contributed by atoms with Crippen molar-refractivity contribution in [3.63, 3.8) is 0 Å². The average Bonchev–Trinajstić information content (AvgIpc) is 3.44. The third-order valence-electron chi connectivity index (χ3n) is 6.55. The molecule has 10 heteroatoms. The molecule has 228 valence electrons. The predicted octanol–water partition coefficient (Wildman–Crippen LogP) is 9.15. The van der Waals surface area contributed by atoms with Crippen LogP contribution in [0.4, 0.5) is 20.7 Å². The molecule has 0 radical (unpaired) electrons. The van der Waals surface area contributed by atoms with Crippen molar-refractivity contribution in [1.29, 1.82) is 0 Å². The molecule has 1 N–H and O–H groups in total. The number of amides is 1. The average molecular weight is 617 g/mol. The predicted molar refractivity (Wildman–Crippen MR) is 170 cm³/mol. The second-order valence-corrected chi connectivity index (χ2v) is 11.7. The van der Waals surface area contributed by atoms with Gasteiger partial charge in [-0.15, -0.1) is 0 Å². The van der Waals surface area contributed by atoms with Crippen molar-refractivity contribution in [2.75, 3.05) is 11.9 Å². The molecule has 0 aliphatic carbocycles. The summed E-state index contributed by atoms with van der Waals surface area (Å²) in [4.78, 5) is 23.2. The number of carbonyl (C=O) groups is 1. The van der Waals surface area contributed by atoms with Crippen molar-refractivity contribution in [2.24, 2.45) is 0 Å². The lowest BCUT2D eigenvalue weighted by Crippen LogP contribution is -2.36. The third-order valence-corrected chi connectivity index (χ3v) is 6.85. The Labute approximate surface area is 260 Å². The Hall–Kier alpha value is -4.63. The van der Waals surface area contributed by atoms with Gasteiger partial charge in [0.2, 0.25) is 0 Å². The van der Waals surface area contributed by atoms with E-state index in [0.29, 0.717) is 52.5 Å². The highest BCUT2D eigenvalue weighted by Crippen LogP contribution is 2.33. The fraction of sp³-hybridized carbons (Fsp3) is 0.265. The van der Waals surface area contributed by atoms with Crippen LogP contribution in [0.1, 0.15) is 45.4 Å². The monoisotopic (exact) mass is 616 g/mol. The van der Waals surface area contributed by atoms with Gasteiger partial charge in [-0.1, -0.05) is 30.7 Å². The van der Waals surface area contributed by atoms with E-state index in [2.05, 4.69) is 15.3 Å². The van der Waals surface area contributed by atoms with Crippen LogP contribution in [-0.2, 0) is 17.9 Å². The Bertz CT molecular complexity index is 1770. The lowest BCUT2D eigenvalue weighted by atomic mass is 10.1. The van der Waals surface area contributed by atoms with E-state index >= 15 is 0 Å². The second kappa shape index (κ2) is 13.3. The normalized spacial score (nSPS) is 11.4. The minimum absolute atomic E-state index is 0.190. The van der Waals surface area contributed by atoms with Crippen LogP contribution in [0.2, 0.25) is 5.02 Å². The number of aromatic nitrogens is 2. The second-order valence-electron chi connectivity index (χ2n) is 11.3. The largest absolute Gasteiger partial charge is 0.487 e. The molecule has 0 bridgehead atoms. The van der Waals surface area contributed by atoms with E-state index in [1.165, 1.54) is 18.5 Å². The summed E-state index contributed by atoms with van der Waals surface area (Å²) in [5, 5.41) is 4.51. The third kappa shape index (κ3) is 7.85. The quantitative estimate of drug-likeness (QED) is 0.167. The van der Waals surface area contributed by atoms with E-state index in [1.807, 2.05) is 64.1 Å². The first-order valence-corrected chi connectivity index (χ1v) is 14.7. The molecule has 0 unspecified atom stereocenters.